The van der Waals surface area contributed by atoms with E-state index >= 15 is 0 Å². The maximum atomic E-state index is 13.4. The molecule has 37 heavy (non-hydrogen) atoms. The van der Waals surface area contributed by atoms with Gasteiger partial charge in [-0.3, -0.25) is 24.0 Å². The fraction of sp³-hybridized carbons (Fsp3) is 0.346. The Balaban J connectivity index is 1.22. The van der Waals surface area contributed by atoms with Crippen LogP contribution in [-0.4, -0.2) is 62.5 Å². The van der Waals surface area contributed by atoms with Gasteiger partial charge in [-0.1, -0.05) is 6.08 Å². The van der Waals surface area contributed by atoms with Crippen LogP contribution in [0.3, 0.4) is 0 Å². The summed E-state index contributed by atoms with van der Waals surface area (Å²) in [6, 6.07) is 6.70. The van der Waals surface area contributed by atoms with Gasteiger partial charge in [0.25, 0.3) is 0 Å². The SMILES string of the molecule is CC1=C2C(CC(C(=O)c3cc(N4CCC(n5c(=O)[nH]c6ncccc65)CC4)[nH]c(=O)c3)=C1)OC(=O)N2C. The summed E-state index contributed by atoms with van der Waals surface area (Å²) in [6.07, 6.45) is 4.14. The minimum atomic E-state index is -0.495. The van der Waals surface area contributed by atoms with E-state index in [1.165, 1.54) is 11.0 Å². The Labute approximate surface area is 211 Å². The van der Waals surface area contributed by atoms with Crippen LogP contribution in [0.25, 0.3) is 11.2 Å². The number of aromatic amines is 2. The lowest BCUT2D eigenvalue weighted by Crippen LogP contribution is -2.38. The van der Waals surface area contributed by atoms with Crippen molar-refractivity contribution in [1.29, 1.82) is 0 Å². The van der Waals surface area contributed by atoms with Crippen molar-refractivity contribution in [2.75, 3.05) is 25.0 Å². The molecule has 2 fully saturated rings. The van der Waals surface area contributed by atoms with Crippen LogP contribution < -0.4 is 16.1 Å². The number of H-pyrrole nitrogens is 2. The highest BCUT2D eigenvalue weighted by atomic mass is 16.6. The van der Waals surface area contributed by atoms with Crippen molar-refractivity contribution in [3.8, 4) is 0 Å². The van der Waals surface area contributed by atoms with Gasteiger partial charge in [0.15, 0.2) is 11.4 Å². The van der Waals surface area contributed by atoms with Crippen molar-refractivity contribution in [3.63, 3.8) is 0 Å². The van der Waals surface area contributed by atoms with E-state index in [1.807, 2.05) is 24.0 Å². The number of ketones is 1. The monoisotopic (exact) mass is 502 g/mol. The highest BCUT2D eigenvalue weighted by Gasteiger charge is 2.39. The quantitative estimate of drug-likeness (QED) is 0.524. The van der Waals surface area contributed by atoms with Crippen LogP contribution in [0, 0.1) is 0 Å². The summed E-state index contributed by atoms with van der Waals surface area (Å²) in [7, 11) is 1.65. The predicted molar refractivity (Wildman–Crippen MR) is 136 cm³/mol. The van der Waals surface area contributed by atoms with Crippen molar-refractivity contribution in [1.82, 2.24) is 24.4 Å². The lowest BCUT2D eigenvalue weighted by molar-refractivity contribution is 0.101. The highest BCUT2D eigenvalue weighted by Crippen LogP contribution is 2.35. The number of carbonyl (C=O) groups excluding carboxylic acids is 2. The molecule has 11 heteroatoms. The first-order chi connectivity index (χ1) is 17.8. The molecule has 3 aliphatic rings. The molecular weight excluding hydrogens is 476 g/mol. The molecule has 0 saturated carbocycles. The number of pyridine rings is 2. The maximum Gasteiger partial charge on any atom is 0.414 e. The Morgan fingerprint density at radius 1 is 1.14 bits per heavy atom. The number of anilines is 1. The lowest BCUT2D eigenvalue weighted by Gasteiger charge is -2.33. The molecule has 1 aliphatic carbocycles. The van der Waals surface area contributed by atoms with E-state index in [0.29, 0.717) is 48.5 Å². The van der Waals surface area contributed by atoms with Gasteiger partial charge in [-0.05, 0) is 43.5 Å². The zero-order valence-electron chi connectivity index (χ0n) is 20.5. The number of rotatable bonds is 4. The minimum absolute atomic E-state index is 0.00171. The van der Waals surface area contributed by atoms with Gasteiger partial charge in [0.1, 0.15) is 11.9 Å². The molecule has 6 rings (SSSR count). The second kappa shape index (κ2) is 8.61. The number of likely N-dealkylation sites (N-methyl/N-ethyl adjacent to an activating group) is 1. The van der Waals surface area contributed by atoms with Gasteiger partial charge in [0, 0.05) is 56.0 Å². The van der Waals surface area contributed by atoms with Crippen LogP contribution >= 0.6 is 0 Å². The van der Waals surface area contributed by atoms with Crippen LogP contribution in [0.5, 0.6) is 0 Å². The maximum absolute atomic E-state index is 13.4. The number of hydrogen-bond donors (Lipinski definition) is 2. The molecule has 3 aromatic rings. The van der Waals surface area contributed by atoms with E-state index in [1.54, 1.807) is 30.0 Å². The molecule has 0 bridgehead atoms. The molecule has 2 N–H and O–H groups in total. The van der Waals surface area contributed by atoms with Crippen molar-refractivity contribution in [2.45, 2.75) is 38.3 Å². The Bertz CT molecular complexity index is 1620. The third-order valence-corrected chi connectivity index (χ3v) is 7.43. The molecule has 1 atom stereocenters. The number of Topliss-reactive ketones (excluding diaryl/α,β-unsaturated/α-hetero) is 1. The van der Waals surface area contributed by atoms with Crippen LogP contribution in [0.1, 0.15) is 42.6 Å². The third-order valence-electron chi connectivity index (χ3n) is 7.43. The number of nitrogens with one attached hydrogen (secondary N) is 2. The van der Waals surface area contributed by atoms with Crippen LogP contribution in [0.4, 0.5) is 10.6 Å². The number of hydrogen-bond acceptors (Lipinski definition) is 7. The normalized spacial score (nSPS) is 20.3. The number of imidazole rings is 1. The van der Waals surface area contributed by atoms with Gasteiger partial charge in [-0.25, -0.2) is 14.6 Å². The zero-order chi connectivity index (χ0) is 25.8. The predicted octanol–water partition coefficient (Wildman–Crippen LogP) is 2.49. The first-order valence-electron chi connectivity index (χ1n) is 12.2. The Morgan fingerprint density at radius 2 is 1.92 bits per heavy atom. The number of allylic oxidation sites excluding steroid dienone is 2. The number of carbonyl (C=O) groups is 2. The molecule has 190 valence electrons. The van der Waals surface area contributed by atoms with Gasteiger partial charge >= 0.3 is 11.8 Å². The van der Waals surface area contributed by atoms with Crippen molar-refractivity contribution < 1.29 is 14.3 Å². The standard InChI is InChI=1S/C26H26N6O5/c1-14-10-15(11-19-22(14)30(2)26(36)37-19)23(34)16-12-20(28-21(33)13-16)31-8-5-17(6-9-31)32-18-4-3-7-27-24(18)29-25(32)35/h3-4,7,10,12-13,17,19H,5-6,8-9,11H2,1-2H3,(H,28,33)(H,27,29,35). The van der Waals surface area contributed by atoms with Gasteiger partial charge in [-0.15, -0.1) is 0 Å². The number of amides is 1. The average molecular weight is 503 g/mol. The number of piperidine rings is 1. The van der Waals surface area contributed by atoms with Crippen molar-refractivity contribution in [3.05, 3.63) is 79.8 Å². The minimum Gasteiger partial charge on any atom is -0.439 e. The van der Waals surface area contributed by atoms with Gasteiger partial charge in [0.2, 0.25) is 5.56 Å². The molecule has 3 aromatic heterocycles. The Kier molecular flexibility index (Phi) is 5.36. The van der Waals surface area contributed by atoms with E-state index in [4.69, 9.17) is 4.74 Å². The number of fused-ring (bicyclic) bond motifs is 2. The Morgan fingerprint density at radius 3 is 2.70 bits per heavy atom. The molecule has 1 amide bonds. The van der Waals surface area contributed by atoms with Gasteiger partial charge in [-0.2, -0.15) is 0 Å². The summed E-state index contributed by atoms with van der Waals surface area (Å²) in [5, 5.41) is 0. The molecule has 2 saturated heterocycles. The smallest absolute Gasteiger partial charge is 0.414 e. The van der Waals surface area contributed by atoms with E-state index in [0.717, 1.165) is 16.8 Å². The van der Waals surface area contributed by atoms with E-state index in [-0.39, 0.29) is 29.5 Å². The second-order valence-corrected chi connectivity index (χ2v) is 9.71. The molecule has 2 aliphatic heterocycles. The fourth-order valence-corrected chi connectivity index (χ4v) is 5.68. The van der Waals surface area contributed by atoms with Crippen LogP contribution in [0.15, 0.2) is 63.0 Å². The van der Waals surface area contributed by atoms with Crippen LogP contribution in [0.2, 0.25) is 0 Å². The summed E-state index contributed by atoms with van der Waals surface area (Å²) >= 11 is 0. The molecular formula is C26H26N6O5. The van der Waals surface area contributed by atoms with Crippen molar-refractivity contribution >= 4 is 28.9 Å². The summed E-state index contributed by atoms with van der Waals surface area (Å²) in [6.45, 7) is 3.06. The summed E-state index contributed by atoms with van der Waals surface area (Å²) in [5.41, 5.74) is 3.15. The van der Waals surface area contributed by atoms with Crippen LogP contribution in [-0.2, 0) is 4.74 Å². The fourth-order valence-electron chi connectivity index (χ4n) is 5.68. The average Bonchev–Trinajstić information content (AvgIpc) is 3.38. The Hall–Kier alpha value is -4.41. The summed E-state index contributed by atoms with van der Waals surface area (Å²) < 4.78 is 7.17. The first-order valence-corrected chi connectivity index (χ1v) is 12.2. The summed E-state index contributed by atoms with van der Waals surface area (Å²) in [4.78, 5) is 63.8. The first kappa shape index (κ1) is 23.0. The highest BCUT2D eigenvalue weighted by molar-refractivity contribution is 6.09. The van der Waals surface area contributed by atoms with Gasteiger partial charge < -0.3 is 14.6 Å². The second-order valence-electron chi connectivity index (χ2n) is 9.71. The van der Waals surface area contributed by atoms with Crippen molar-refractivity contribution in [2.24, 2.45) is 0 Å². The topological polar surface area (TPSA) is 133 Å². The van der Waals surface area contributed by atoms with E-state index < -0.39 is 12.2 Å². The lowest BCUT2D eigenvalue weighted by atomic mass is 9.90. The third kappa shape index (κ3) is 3.87. The molecule has 11 nitrogen and oxygen atoms in total. The summed E-state index contributed by atoms with van der Waals surface area (Å²) in [5.74, 6) is 0.308. The number of ether oxygens (including phenoxy) is 1. The largest absolute Gasteiger partial charge is 0.439 e. The number of aromatic nitrogens is 4. The number of nitrogens with zero attached hydrogens (tertiary/aromatic N) is 4. The molecule has 0 spiro atoms. The molecule has 0 aromatic carbocycles. The van der Waals surface area contributed by atoms with E-state index in [2.05, 4.69) is 15.0 Å². The molecule has 5 heterocycles. The zero-order valence-corrected chi connectivity index (χ0v) is 20.5. The van der Waals surface area contributed by atoms with Gasteiger partial charge in [0.05, 0.1) is 11.2 Å². The molecule has 1 unspecified atom stereocenters. The van der Waals surface area contributed by atoms with E-state index in [9.17, 15) is 19.2 Å². The molecule has 0 radical (unpaired) electrons.